The van der Waals surface area contributed by atoms with Gasteiger partial charge in [-0.1, -0.05) is 49.0 Å². The van der Waals surface area contributed by atoms with Crippen LogP contribution >= 0.6 is 11.8 Å². The van der Waals surface area contributed by atoms with Gasteiger partial charge in [-0.25, -0.2) is 9.78 Å². The number of carbonyl (C=O) groups excluding carboxylic acids is 3. The quantitative estimate of drug-likeness (QED) is 0.322. The average Bonchev–Trinajstić information content (AvgIpc) is 3.09. The number of benzene rings is 2. The van der Waals surface area contributed by atoms with Crippen molar-refractivity contribution in [3.05, 3.63) is 65.0 Å². The van der Waals surface area contributed by atoms with Crippen LogP contribution in [0.4, 0.5) is 4.79 Å². The zero-order chi connectivity index (χ0) is 24.6. The largest absolute Gasteiger partial charge is 0.344 e. The summed E-state index contributed by atoms with van der Waals surface area (Å²) in [7, 11) is 0. The minimum atomic E-state index is -0.933. The monoisotopic (exact) mass is 491 g/mol. The summed E-state index contributed by atoms with van der Waals surface area (Å²) in [6.07, 6.45) is 2.80. The van der Waals surface area contributed by atoms with Crippen LogP contribution < -0.4 is 16.3 Å². The van der Waals surface area contributed by atoms with E-state index >= 15 is 0 Å². The van der Waals surface area contributed by atoms with Crippen LogP contribution in [0.5, 0.6) is 0 Å². The first-order valence-corrected chi connectivity index (χ1v) is 12.5. The molecule has 0 unspecified atom stereocenters. The number of rotatable bonds is 5. The van der Waals surface area contributed by atoms with E-state index in [0.29, 0.717) is 40.5 Å². The number of urea groups is 1. The van der Waals surface area contributed by atoms with Gasteiger partial charge in [-0.05, 0) is 55.9 Å². The second-order valence-electron chi connectivity index (χ2n) is 9.05. The fraction of sp³-hybridized carbons (Fsp3) is 0.320. The van der Waals surface area contributed by atoms with E-state index in [4.69, 9.17) is 0 Å². The standard InChI is InChI=1S/C25H25N5O4S/c1-16-11-13-25(14-12-16)22(33)30(23(34)27-25)28-20(31)15-35-24-26-19-10-6-5-9-18(19)21(32)29(24)17-7-3-2-4-8-17/h2-10,16H,11-15H2,1H3,(H,27,34)(H,28,31). The Balaban J connectivity index is 1.35. The van der Waals surface area contributed by atoms with Crippen LogP contribution in [0.1, 0.15) is 32.6 Å². The Hall–Kier alpha value is -3.66. The summed E-state index contributed by atoms with van der Waals surface area (Å²) in [5.41, 5.74) is 2.41. The molecule has 0 atom stereocenters. The van der Waals surface area contributed by atoms with E-state index in [0.717, 1.165) is 29.6 Å². The fourth-order valence-electron chi connectivity index (χ4n) is 4.62. The molecular formula is C25H25N5O4S. The molecular weight excluding hydrogens is 466 g/mol. The van der Waals surface area contributed by atoms with E-state index in [-0.39, 0.29) is 11.3 Å². The fourth-order valence-corrected chi connectivity index (χ4v) is 5.42. The number of nitrogens with zero attached hydrogens (tertiary/aromatic N) is 3. The van der Waals surface area contributed by atoms with E-state index < -0.39 is 23.4 Å². The first-order valence-electron chi connectivity index (χ1n) is 11.5. The van der Waals surface area contributed by atoms with Gasteiger partial charge in [-0.15, -0.1) is 0 Å². The molecule has 180 valence electrons. The van der Waals surface area contributed by atoms with Crippen molar-refractivity contribution in [3.63, 3.8) is 0 Å². The molecule has 1 aliphatic heterocycles. The minimum absolute atomic E-state index is 0.140. The topological polar surface area (TPSA) is 113 Å². The number of carbonyl (C=O) groups is 3. The van der Waals surface area contributed by atoms with E-state index in [1.54, 1.807) is 36.4 Å². The molecule has 1 saturated heterocycles. The highest BCUT2D eigenvalue weighted by Gasteiger charge is 2.52. The molecule has 35 heavy (non-hydrogen) atoms. The summed E-state index contributed by atoms with van der Waals surface area (Å²) in [6, 6.07) is 15.5. The number of thioether (sulfide) groups is 1. The molecule has 2 fully saturated rings. The Morgan fingerprint density at radius 1 is 1.09 bits per heavy atom. The maximum absolute atomic E-state index is 13.3. The number of amides is 4. The number of para-hydroxylation sites is 2. The second kappa shape index (κ2) is 9.18. The first kappa shape index (κ1) is 23.1. The number of hydrogen-bond acceptors (Lipinski definition) is 6. The van der Waals surface area contributed by atoms with Crippen molar-refractivity contribution in [2.45, 2.75) is 43.3 Å². The molecule has 0 radical (unpaired) electrons. The molecule has 1 aliphatic carbocycles. The van der Waals surface area contributed by atoms with Crippen molar-refractivity contribution in [1.82, 2.24) is 25.3 Å². The molecule has 4 amide bonds. The van der Waals surface area contributed by atoms with Gasteiger partial charge in [-0.2, -0.15) is 5.01 Å². The number of aromatic nitrogens is 2. The van der Waals surface area contributed by atoms with Crippen LogP contribution in [0, 0.1) is 5.92 Å². The van der Waals surface area contributed by atoms with Gasteiger partial charge >= 0.3 is 6.03 Å². The van der Waals surface area contributed by atoms with Crippen LogP contribution in [0.25, 0.3) is 16.6 Å². The maximum Gasteiger partial charge on any atom is 0.344 e. The van der Waals surface area contributed by atoms with Gasteiger partial charge in [0.05, 0.1) is 22.3 Å². The van der Waals surface area contributed by atoms with Crippen molar-refractivity contribution in [3.8, 4) is 5.69 Å². The van der Waals surface area contributed by atoms with Crippen LogP contribution in [0.15, 0.2) is 64.5 Å². The van der Waals surface area contributed by atoms with Crippen molar-refractivity contribution in [2.75, 3.05) is 5.75 Å². The molecule has 2 aromatic carbocycles. The summed E-state index contributed by atoms with van der Waals surface area (Å²) in [5, 5.41) is 4.38. The van der Waals surface area contributed by atoms with Gasteiger partial charge in [-0.3, -0.25) is 24.4 Å². The Morgan fingerprint density at radius 2 is 1.77 bits per heavy atom. The highest BCUT2D eigenvalue weighted by atomic mass is 32.2. The molecule has 1 spiro atoms. The van der Waals surface area contributed by atoms with E-state index in [1.165, 1.54) is 4.57 Å². The van der Waals surface area contributed by atoms with Crippen LogP contribution in [-0.2, 0) is 9.59 Å². The summed E-state index contributed by atoms with van der Waals surface area (Å²) in [6.45, 7) is 2.13. The summed E-state index contributed by atoms with van der Waals surface area (Å²) in [5.74, 6) is -0.597. The number of hydrogen-bond donors (Lipinski definition) is 2. The lowest BCUT2D eigenvalue weighted by Gasteiger charge is -2.33. The molecule has 3 aromatic rings. The third-order valence-corrected chi connectivity index (χ3v) is 7.56. The lowest BCUT2D eigenvalue weighted by molar-refractivity contribution is -0.139. The molecule has 5 rings (SSSR count). The molecule has 2 N–H and O–H groups in total. The van der Waals surface area contributed by atoms with Crippen molar-refractivity contribution < 1.29 is 14.4 Å². The van der Waals surface area contributed by atoms with E-state index in [1.807, 2.05) is 18.2 Å². The molecule has 10 heteroatoms. The first-order chi connectivity index (χ1) is 16.9. The normalized spacial score (nSPS) is 22.0. The summed E-state index contributed by atoms with van der Waals surface area (Å²) in [4.78, 5) is 56.1. The lowest BCUT2D eigenvalue weighted by atomic mass is 9.77. The molecule has 1 saturated carbocycles. The average molecular weight is 492 g/mol. The lowest BCUT2D eigenvalue weighted by Crippen LogP contribution is -2.51. The number of nitrogens with one attached hydrogen (secondary N) is 2. The zero-order valence-electron chi connectivity index (χ0n) is 19.2. The summed E-state index contributed by atoms with van der Waals surface area (Å²) >= 11 is 1.06. The number of fused-ring (bicyclic) bond motifs is 1. The van der Waals surface area contributed by atoms with Gasteiger partial charge in [0.15, 0.2) is 5.16 Å². The number of imide groups is 1. The minimum Gasteiger partial charge on any atom is -0.322 e. The third-order valence-electron chi connectivity index (χ3n) is 6.62. The molecule has 0 bridgehead atoms. The highest BCUT2D eigenvalue weighted by Crippen LogP contribution is 2.35. The van der Waals surface area contributed by atoms with E-state index in [9.17, 15) is 19.2 Å². The molecule has 1 aromatic heterocycles. The van der Waals surface area contributed by atoms with Crippen molar-refractivity contribution in [2.24, 2.45) is 5.92 Å². The van der Waals surface area contributed by atoms with Crippen molar-refractivity contribution in [1.29, 1.82) is 0 Å². The Morgan fingerprint density at radius 3 is 2.51 bits per heavy atom. The SMILES string of the molecule is CC1CCC2(CC1)NC(=O)N(NC(=O)CSc1nc3ccccc3c(=O)n1-c1ccccc1)C2=O. The Bertz CT molecular complexity index is 1370. The molecule has 9 nitrogen and oxygen atoms in total. The molecule has 2 aliphatic rings. The van der Waals surface area contributed by atoms with Crippen LogP contribution in [-0.4, -0.2) is 43.7 Å². The van der Waals surface area contributed by atoms with Gasteiger partial charge in [0, 0.05) is 0 Å². The number of hydrazine groups is 1. The highest BCUT2D eigenvalue weighted by molar-refractivity contribution is 7.99. The predicted molar refractivity (Wildman–Crippen MR) is 132 cm³/mol. The smallest absolute Gasteiger partial charge is 0.322 e. The second-order valence-corrected chi connectivity index (χ2v) is 9.99. The van der Waals surface area contributed by atoms with Gasteiger partial charge < -0.3 is 5.32 Å². The van der Waals surface area contributed by atoms with Crippen molar-refractivity contribution >= 4 is 40.5 Å². The van der Waals surface area contributed by atoms with E-state index in [2.05, 4.69) is 22.7 Å². The van der Waals surface area contributed by atoms with Gasteiger partial charge in [0.25, 0.3) is 11.5 Å². The predicted octanol–water partition coefficient (Wildman–Crippen LogP) is 3.01. The summed E-state index contributed by atoms with van der Waals surface area (Å²) < 4.78 is 1.46. The third kappa shape index (κ3) is 4.29. The van der Waals surface area contributed by atoms with Crippen LogP contribution in [0.2, 0.25) is 0 Å². The van der Waals surface area contributed by atoms with Gasteiger partial charge in [0.2, 0.25) is 5.91 Å². The Kier molecular flexibility index (Phi) is 6.06. The van der Waals surface area contributed by atoms with Crippen LogP contribution in [0.3, 0.4) is 0 Å². The van der Waals surface area contributed by atoms with Gasteiger partial charge in [0.1, 0.15) is 5.54 Å². The maximum atomic E-state index is 13.3. The molecule has 2 heterocycles. The Labute approximate surface area is 205 Å². The zero-order valence-corrected chi connectivity index (χ0v) is 20.0.